The Hall–Kier alpha value is -4.26. The van der Waals surface area contributed by atoms with Crippen molar-refractivity contribution in [3.63, 3.8) is 0 Å². The second-order valence-electron chi connectivity index (χ2n) is 10.5. The first kappa shape index (κ1) is 24.1. The predicted molar refractivity (Wildman–Crippen MR) is 140 cm³/mol. The van der Waals surface area contributed by atoms with Gasteiger partial charge in [0.15, 0.2) is 6.61 Å². The first-order valence-corrected chi connectivity index (χ1v) is 12.9. The minimum Gasteiger partial charge on any atom is -0.454 e. The number of esters is 1. The van der Waals surface area contributed by atoms with Gasteiger partial charge in [-0.3, -0.25) is 19.3 Å². The van der Waals surface area contributed by atoms with Crippen LogP contribution in [0.1, 0.15) is 52.1 Å². The number of hydrogen-bond acceptors (Lipinski definition) is 5. The van der Waals surface area contributed by atoms with Gasteiger partial charge < -0.3 is 10.1 Å². The number of benzene rings is 3. The van der Waals surface area contributed by atoms with Crippen molar-refractivity contribution in [2.24, 2.45) is 11.8 Å². The molecule has 7 rings (SSSR count). The van der Waals surface area contributed by atoms with Gasteiger partial charge in [-0.2, -0.15) is 0 Å². The van der Waals surface area contributed by atoms with Crippen LogP contribution in [-0.4, -0.2) is 41.2 Å². The number of amides is 3. The lowest BCUT2D eigenvalue weighted by atomic mass is 9.55. The van der Waals surface area contributed by atoms with Crippen molar-refractivity contribution < 1.29 is 23.9 Å². The number of carbonyl (C=O) groups is 4. The van der Waals surface area contributed by atoms with E-state index in [-0.39, 0.29) is 23.7 Å². The van der Waals surface area contributed by atoms with Gasteiger partial charge in [-0.15, -0.1) is 0 Å². The molecule has 1 fully saturated rings. The lowest BCUT2D eigenvalue weighted by molar-refractivity contribution is -0.159. The summed E-state index contributed by atoms with van der Waals surface area (Å²) in [6.45, 7) is 4.76. The maximum Gasteiger partial charge on any atom is 0.329 e. The molecule has 7 nitrogen and oxygen atoms in total. The number of nitrogens with one attached hydrogen (secondary N) is 1. The fraction of sp³-hybridized carbons (Fsp3) is 0.290. The highest BCUT2D eigenvalue weighted by atomic mass is 16.5. The molecule has 1 aliphatic heterocycles. The van der Waals surface area contributed by atoms with E-state index < -0.39 is 36.4 Å². The summed E-state index contributed by atoms with van der Waals surface area (Å²) in [6.07, 6.45) is 0. The van der Waals surface area contributed by atoms with Gasteiger partial charge in [0.25, 0.3) is 5.91 Å². The minimum absolute atomic E-state index is 0.245. The van der Waals surface area contributed by atoms with E-state index in [1.807, 2.05) is 80.6 Å². The summed E-state index contributed by atoms with van der Waals surface area (Å²) < 4.78 is 5.27. The van der Waals surface area contributed by atoms with Crippen molar-refractivity contribution in [1.29, 1.82) is 0 Å². The summed E-state index contributed by atoms with van der Waals surface area (Å²) in [5.74, 6) is -3.62. The van der Waals surface area contributed by atoms with Crippen LogP contribution in [0.25, 0.3) is 0 Å². The molecule has 2 bridgehead atoms. The van der Waals surface area contributed by atoms with Crippen molar-refractivity contribution in [3.05, 3.63) is 100 Å². The van der Waals surface area contributed by atoms with E-state index in [2.05, 4.69) is 5.32 Å². The zero-order valence-corrected chi connectivity index (χ0v) is 21.4. The van der Waals surface area contributed by atoms with Gasteiger partial charge in [-0.05, 0) is 60.2 Å². The summed E-state index contributed by atoms with van der Waals surface area (Å²) in [5, 5.41) is 2.75. The van der Waals surface area contributed by atoms with Crippen LogP contribution >= 0.6 is 0 Å². The van der Waals surface area contributed by atoms with Crippen LogP contribution in [0.3, 0.4) is 0 Å². The van der Waals surface area contributed by atoms with Gasteiger partial charge in [0.05, 0.1) is 11.8 Å². The topological polar surface area (TPSA) is 92.8 Å². The van der Waals surface area contributed by atoms with Crippen molar-refractivity contribution in [1.82, 2.24) is 4.90 Å². The molecule has 7 heteroatoms. The maximum atomic E-state index is 13.8. The Morgan fingerprint density at radius 1 is 0.842 bits per heavy atom. The fourth-order valence-electron chi connectivity index (χ4n) is 6.50. The number of imide groups is 1. The van der Waals surface area contributed by atoms with Crippen molar-refractivity contribution in [2.75, 3.05) is 11.9 Å². The van der Waals surface area contributed by atoms with Crippen molar-refractivity contribution in [2.45, 2.75) is 38.6 Å². The summed E-state index contributed by atoms with van der Waals surface area (Å²) in [7, 11) is 0. The molecule has 4 aliphatic rings. The van der Waals surface area contributed by atoms with Gasteiger partial charge in [-0.1, -0.05) is 60.7 Å². The van der Waals surface area contributed by atoms with Crippen LogP contribution in [-0.2, 0) is 23.9 Å². The van der Waals surface area contributed by atoms with Crippen LogP contribution in [0, 0.1) is 25.7 Å². The number of nitrogens with zero attached hydrogens (tertiary/aromatic N) is 1. The zero-order chi connectivity index (χ0) is 26.7. The average Bonchev–Trinajstić information content (AvgIpc) is 3.19. The molecule has 0 radical (unpaired) electrons. The molecular formula is C31H28N2O5. The van der Waals surface area contributed by atoms with Crippen LogP contribution < -0.4 is 5.32 Å². The first-order valence-electron chi connectivity index (χ1n) is 12.9. The number of anilines is 1. The molecule has 0 aromatic heterocycles. The Morgan fingerprint density at radius 3 is 1.84 bits per heavy atom. The quantitative estimate of drug-likeness (QED) is 0.414. The van der Waals surface area contributed by atoms with Crippen molar-refractivity contribution in [3.8, 4) is 0 Å². The third kappa shape index (κ3) is 3.56. The molecule has 0 saturated carbocycles. The first-order chi connectivity index (χ1) is 18.3. The van der Waals surface area contributed by atoms with E-state index in [0.717, 1.165) is 38.3 Å². The largest absolute Gasteiger partial charge is 0.454 e. The molecule has 3 aromatic rings. The molecule has 3 amide bonds. The molecule has 1 heterocycles. The van der Waals surface area contributed by atoms with Gasteiger partial charge in [-0.25, -0.2) is 4.79 Å². The van der Waals surface area contributed by atoms with Gasteiger partial charge in [0.1, 0.15) is 6.04 Å². The van der Waals surface area contributed by atoms with Crippen LogP contribution in [0.4, 0.5) is 5.69 Å². The molecule has 0 spiro atoms. The molecular weight excluding hydrogens is 480 g/mol. The summed E-state index contributed by atoms with van der Waals surface area (Å²) in [5.41, 5.74) is 6.79. The van der Waals surface area contributed by atoms with Gasteiger partial charge >= 0.3 is 5.97 Å². The Balaban J connectivity index is 1.21. The number of carbonyl (C=O) groups excluding carboxylic acids is 4. The fourth-order valence-corrected chi connectivity index (χ4v) is 6.50. The second kappa shape index (κ2) is 8.94. The normalized spacial score (nSPS) is 23.4. The van der Waals surface area contributed by atoms with Crippen LogP contribution in [0.15, 0.2) is 66.7 Å². The molecule has 192 valence electrons. The summed E-state index contributed by atoms with van der Waals surface area (Å²) in [6, 6.07) is 20.5. The van der Waals surface area contributed by atoms with Crippen LogP contribution in [0.2, 0.25) is 0 Å². The standard InChI is InChI=1S/C31H28N2O5/c1-16-12-13-17(2)23(14-16)32-24(34)15-38-31(37)18(3)33-29(35)27-25-19-8-4-5-9-20(19)26(28(27)30(33)36)22-11-7-6-10-21(22)25/h4-14,18,25-28H,15H2,1-3H3,(H,32,34)/t18-,25?,26?,27+,28+/m0/s1. The van der Waals surface area contributed by atoms with Gasteiger partial charge in [0, 0.05) is 17.5 Å². The second-order valence-corrected chi connectivity index (χ2v) is 10.5. The molecule has 3 atom stereocenters. The lowest BCUT2D eigenvalue weighted by Crippen LogP contribution is -2.45. The number of aryl methyl sites for hydroxylation is 2. The number of ether oxygens (including phenoxy) is 1. The molecule has 1 N–H and O–H groups in total. The van der Waals surface area contributed by atoms with E-state index >= 15 is 0 Å². The number of likely N-dealkylation sites (tertiary alicyclic amines) is 1. The SMILES string of the molecule is Cc1ccc(C)c(NC(=O)COC(=O)[C@H](C)N2C(=O)[C@@H]3C4c5ccccc5C(c5ccccc54)[C@H]3C2=O)c1. The zero-order valence-electron chi connectivity index (χ0n) is 21.4. The van der Waals surface area contributed by atoms with E-state index in [9.17, 15) is 19.2 Å². The summed E-state index contributed by atoms with van der Waals surface area (Å²) in [4.78, 5) is 54.1. The molecule has 3 aromatic carbocycles. The molecule has 3 aliphatic carbocycles. The predicted octanol–water partition coefficient (Wildman–Crippen LogP) is 4.07. The highest BCUT2D eigenvalue weighted by Crippen LogP contribution is 2.61. The highest BCUT2D eigenvalue weighted by molar-refractivity contribution is 6.10. The molecule has 38 heavy (non-hydrogen) atoms. The Bertz CT molecular complexity index is 1400. The third-order valence-electron chi connectivity index (χ3n) is 8.22. The van der Waals surface area contributed by atoms with E-state index in [1.165, 1.54) is 6.92 Å². The minimum atomic E-state index is -1.14. The summed E-state index contributed by atoms with van der Waals surface area (Å²) >= 11 is 0. The maximum absolute atomic E-state index is 13.8. The Labute approximate surface area is 220 Å². The Kier molecular flexibility index (Phi) is 5.67. The van der Waals surface area contributed by atoms with Crippen LogP contribution in [0.5, 0.6) is 0 Å². The number of hydrogen-bond donors (Lipinski definition) is 1. The van der Waals surface area contributed by atoms with E-state index in [0.29, 0.717) is 5.69 Å². The monoisotopic (exact) mass is 508 g/mol. The third-order valence-corrected chi connectivity index (χ3v) is 8.22. The Morgan fingerprint density at radius 2 is 1.34 bits per heavy atom. The van der Waals surface area contributed by atoms with E-state index in [1.54, 1.807) is 0 Å². The smallest absolute Gasteiger partial charge is 0.329 e. The molecule has 0 unspecified atom stereocenters. The van der Waals surface area contributed by atoms with Crippen molar-refractivity contribution >= 4 is 29.4 Å². The number of rotatable bonds is 5. The van der Waals surface area contributed by atoms with Gasteiger partial charge in [0.2, 0.25) is 11.8 Å². The molecule has 1 saturated heterocycles. The highest BCUT2D eigenvalue weighted by Gasteiger charge is 2.62. The average molecular weight is 509 g/mol. The lowest BCUT2D eigenvalue weighted by Gasteiger charge is -2.45. The van der Waals surface area contributed by atoms with E-state index in [4.69, 9.17) is 4.74 Å².